The first-order chi connectivity index (χ1) is 11.0. The third kappa shape index (κ3) is 5.51. The van der Waals surface area contributed by atoms with Crippen LogP contribution in [0.5, 0.6) is 23.0 Å². The van der Waals surface area contributed by atoms with Crippen molar-refractivity contribution in [2.24, 2.45) is 0 Å². The predicted octanol–water partition coefficient (Wildman–Crippen LogP) is 4.04. The van der Waals surface area contributed by atoms with Crippen LogP contribution in [0.15, 0.2) is 48.5 Å². The van der Waals surface area contributed by atoms with E-state index in [0.29, 0.717) is 24.7 Å². The Labute approximate surface area is 135 Å². The molecule has 0 saturated carbocycles. The van der Waals surface area contributed by atoms with Crippen LogP contribution in [-0.4, -0.2) is 18.1 Å². The zero-order valence-corrected chi connectivity index (χ0v) is 13.9. The Bertz CT molecular complexity index is 598. The number of hydrogen-bond acceptors (Lipinski definition) is 5. The van der Waals surface area contributed by atoms with Gasteiger partial charge in [-0.1, -0.05) is 0 Å². The number of rotatable bonds is 8. The maximum absolute atomic E-state index is 12.0. The minimum Gasteiger partial charge on any atom is -0.494 e. The molecule has 0 spiro atoms. The Kier molecular flexibility index (Phi) is 5.90. The van der Waals surface area contributed by atoms with E-state index in [-0.39, 0.29) is 11.5 Å². The first-order valence-corrected chi connectivity index (χ1v) is 8.69. The minimum atomic E-state index is -4.28. The molecule has 0 aliphatic carbocycles. The van der Waals surface area contributed by atoms with E-state index < -0.39 is 7.82 Å². The largest absolute Gasteiger partial charge is 0.584 e. The summed E-state index contributed by atoms with van der Waals surface area (Å²) in [6.45, 7) is 4.83. The summed E-state index contributed by atoms with van der Waals surface area (Å²) in [5.41, 5.74) is 0. The maximum atomic E-state index is 12.0. The molecule has 0 radical (unpaired) electrons. The molecule has 1 N–H and O–H groups in total. The highest BCUT2D eigenvalue weighted by atomic mass is 31.2. The van der Waals surface area contributed by atoms with E-state index in [9.17, 15) is 9.46 Å². The van der Waals surface area contributed by atoms with Crippen LogP contribution in [0.25, 0.3) is 0 Å². The van der Waals surface area contributed by atoms with Crippen LogP contribution in [0.2, 0.25) is 0 Å². The van der Waals surface area contributed by atoms with Crippen molar-refractivity contribution in [3.05, 3.63) is 48.5 Å². The molecule has 0 amide bonds. The standard InChI is InChI=1S/C16H19O6P/c1-3-19-13-5-9-15(10-6-13)21-23(17,18)22-16-11-7-14(8-12-16)20-4-2/h5-12H,3-4H2,1-2H3,(H,17,18). The minimum absolute atomic E-state index is 0.213. The SMILES string of the molecule is CCOc1ccc(OP(=O)(O)Oc2ccc(OCC)cc2)cc1. The summed E-state index contributed by atoms with van der Waals surface area (Å²) in [7, 11) is -4.28. The van der Waals surface area contributed by atoms with Gasteiger partial charge in [0, 0.05) is 0 Å². The number of phosphoric acid groups is 1. The van der Waals surface area contributed by atoms with Crippen LogP contribution in [-0.2, 0) is 4.57 Å². The lowest BCUT2D eigenvalue weighted by Gasteiger charge is -2.14. The van der Waals surface area contributed by atoms with Gasteiger partial charge in [-0.15, -0.1) is 0 Å². The van der Waals surface area contributed by atoms with Crippen LogP contribution >= 0.6 is 7.82 Å². The normalized spacial score (nSPS) is 10.9. The lowest BCUT2D eigenvalue weighted by atomic mass is 10.3. The Balaban J connectivity index is 1.99. The van der Waals surface area contributed by atoms with Gasteiger partial charge in [0.1, 0.15) is 23.0 Å². The summed E-state index contributed by atoms with van der Waals surface area (Å²) in [6, 6.07) is 12.7. The molecule has 0 unspecified atom stereocenters. The lowest BCUT2D eigenvalue weighted by molar-refractivity contribution is 0.289. The molecule has 6 nitrogen and oxygen atoms in total. The molecule has 0 saturated heterocycles. The summed E-state index contributed by atoms with van der Waals surface area (Å²) >= 11 is 0. The van der Waals surface area contributed by atoms with Crippen molar-refractivity contribution in [3.63, 3.8) is 0 Å². The monoisotopic (exact) mass is 338 g/mol. The van der Waals surface area contributed by atoms with Crippen LogP contribution in [0, 0.1) is 0 Å². The zero-order valence-electron chi connectivity index (χ0n) is 13.0. The summed E-state index contributed by atoms with van der Waals surface area (Å²) in [4.78, 5) is 9.82. The van der Waals surface area contributed by atoms with Crippen LogP contribution < -0.4 is 18.5 Å². The molecule has 0 aliphatic heterocycles. The van der Waals surface area contributed by atoms with Crippen molar-refractivity contribution in [1.82, 2.24) is 0 Å². The van der Waals surface area contributed by atoms with Gasteiger partial charge in [-0.3, -0.25) is 4.89 Å². The molecule has 0 aliphatic rings. The van der Waals surface area contributed by atoms with Gasteiger partial charge in [0.2, 0.25) is 0 Å². The van der Waals surface area contributed by atoms with E-state index in [1.54, 1.807) is 24.3 Å². The quantitative estimate of drug-likeness (QED) is 0.732. The summed E-state index contributed by atoms with van der Waals surface area (Å²) in [6.07, 6.45) is 0. The van der Waals surface area contributed by atoms with E-state index in [1.165, 1.54) is 24.3 Å². The third-order valence-corrected chi connectivity index (χ3v) is 3.59. The van der Waals surface area contributed by atoms with E-state index in [1.807, 2.05) is 13.8 Å². The molecule has 7 heteroatoms. The van der Waals surface area contributed by atoms with Gasteiger partial charge in [-0.2, -0.15) is 0 Å². The number of benzene rings is 2. The smallest absolute Gasteiger partial charge is 0.494 e. The Morgan fingerprint density at radius 2 is 1.04 bits per heavy atom. The molecule has 0 atom stereocenters. The van der Waals surface area contributed by atoms with Crippen molar-refractivity contribution in [2.45, 2.75) is 13.8 Å². The van der Waals surface area contributed by atoms with Gasteiger partial charge >= 0.3 is 7.82 Å². The fourth-order valence-electron chi connectivity index (χ4n) is 1.81. The molecule has 23 heavy (non-hydrogen) atoms. The molecule has 2 aromatic rings. The van der Waals surface area contributed by atoms with Crippen molar-refractivity contribution >= 4 is 7.82 Å². The van der Waals surface area contributed by atoms with Crippen LogP contribution in [0.4, 0.5) is 0 Å². The molecular weight excluding hydrogens is 319 g/mol. The maximum Gasteiger partial charge on any atom is 0.584 e. The second-order valence-electron chi connectivity index (χ2n) is 4.46. The predicted molar refractivity (Wildman–Crippen MR) is 86.3 cm³/mol. The molecule has 2 rings (SSSR count). The highest BCUT2D eigenvalue weighted by molar-refractivity contribution is 7.48. The first kappa shape index (κ1) is 17.2. The van der Waals surface area contributed by atoms with Gasteiger partial charge in [0.25, 0.3) is 0 Å². The van der Waals surface area contributed by atoms with E-state index in [2.05, 4.69) is 0 Å². The molecule has 2 aromatic carbocycles. The van der Waals surface area contributed by atoms with Crippen LogP contribution in [0.3, 0.4) is 0 Å². The molecule has 0 aromatic heterocycles. The summed E-state index contributed by atoms with van der Waals surface area (Å²) in [5.74, 6) is 1.73. The molecular formula is C16H19O6P. The topological polar surface area (TPSA) is 74.2 Å². The van der Waals surface area contributed by atoms with Crippen molar-refractivity contribution in [1.29, 1.82) is 0 Å². The van der Waals surface area contributed by atoms with Gasteiger partial charge in [0.15, 0.2) is 0 Å². The summed E-state index contributed by atoms with van der Waals surface area (Å²) < 4.78 is 32.6. The van der Waals surface area contributed by atoms with Crippen molar-refractivity contribution in [3.8, 4) is 23.0 Å². The third-order valence-electron chi connectivity index (χ3n) is 2.71. The van der Waals surface area contributed by atoms with Crippen LogP contribution in [0.1, 0.15) is 13.8 Å². The average molecular weight is 338 g/mol. The average Bonchev–Trinajstić information content (AvgIpc) is 2.51. The molecule has 0 fully saturated rings. The molecule has 0 heterocycles. The van der Waals surface area contributed by atoms with Gasteiger partial charge in [-0.25, -0.2) is 4.57 Å². The van der Waals surface area contributed by atoms with Gasteiger partial charge < -0.3 is 18.5 Å². The van der Waals surface area contributed by atoms with Crippen molar-refractivity contribution in [2.75, 3.05) is 13.2 Å². The Hall–Kier alpha value is -2.17. The number of phosphoric ester groups is 1. The zero-order chi connectivity index (χ0) is 16.7. The molecule has 0 bridgehead atoms. The van der Waals surface area contributed by atoms with Gasteiger partial charge in [0.05, 0.1) is 13.2 Å². The van der Waals surface area contributed by atoms with Crippen molar-refractivity contribution < 1.29 is 28.0 Å². The second kappa shape index (κ2) is 7.90. The fraction of sp³-hybridized carbons (Fsp3) is 0.250. The first-order valence-electron chi connectivity index (χ1n) is 7.20. The summed E-state index contributed by atoms with van der Waals surface area (Å²) in [5, 5.41) is 0. The van der Waals surface area contributed by atoms with E-state index in [0.717, 1.165) is 0 Å². The lowest BCUT2D eigenvalue weighted by Crippen LogP contribution is -2.00. The van der Waals surface area contributed by atoms with Gasteiger partial charge in [-0.05, 0) is 62.4 Å². The van der Waals surface area contributed by atoms with E-state index in [4.69, 9.17) is 18.5 Å². The number of ether oxygens (including phenoxy) is 2. The Morgan fingerprint density at radius 3 is 1.35 bits per heavy atom. The number of hydrogen-bond donors (Lipinski definition) is 1. The highest BCUT2D eigenvalue weighted by Crippen LogP contribution is 2.44. The highest BCUT2D eigenvalue weighted by Gasteiger charge is 2.25. The Morgan fingerprint density at radius 1 is 0.739 bits per heavy atom. The second-order valence-corrected chi connectivity index (χ2v) is 5.76. The molecule has 124 valence electrons. The van der Waals surface area contributed by atoms with E-state index >= 15 is 0 Å². The fourth-order valence-corrected chi connectivity index (χ4v) is 2.63.